The summed E-state index contributed by atoms with van der Waals surface area (Å²) in [6, 6.07) is 9.67. The van der Waals surface area contributed by atoms with Gasteiger partial charge in [-0.25, -0.2) is 9.59 Å². The Morgan fingerprint density at radius 1 is 0.977 bits per heavy atom. The fourth-order valence-corrected chi connectivity index (χ4v) is 8.31. The SMILES string of the molecule is COC(=O)C1=C2Nc3cc(OC)ccc3C23CCN2CCCC(C(C)OC(=O)C=Cc4cc(OC)c(OC)c(OC)c4)(C1)C23. The number of carbonyl (C=O) groups is 2. The van der Waals surface area contributed by atoms with E-state index in [1.165, 1.54) is 13.2 Å². The maximum absolute atomic E-state index is 13.4. The molecule has 10 nitrogen and oxygen atoms in total. The van der Waals surface area contributed by atoms with Gasteiger partial charge in [0.2, 0.25) is 5.75 Å². The van der Waals surface area contributed by atoms with E-state index in [-0.39, 0.29) is 12.0 Å². The Balaban J connectivity index is 1.36. The van der Waals surface area contributed by atoms with E-state index in [4.69, 9.17) is 28.4 Å². The highest BCUT2D eigenvalue weighted by molar-refractivity contribution is 5.93. The Morgan fingerprint density at radius 3 is 2.39 bits per heavy atom. The number of fused-ring (bicyclic) bond motifs is 1. The zero-order valence-electron chi connectivity index (χ0n) is 26.2. The van der Waals surface area contributed by atoms with E-state index < -0.39 is 22.9 Å². The number of nitrogens with zero attached hydrogens (tertiary/aromatic N) is 1. The first-order valence-electron chi connectivity index (χ1n) is 15.0. The zero-order chi connectivity index (χ0) is 31.2. The highest BCUT2D eigenvalue weighted by Crippen LogP contribution is 2.65. The van der Waals surface area contributed by atoms with Gasteiger partial charge >= 0.3 is 11.9 Å². The van der Waals surface area contributed by atoms with E-state index >= 15 is 0 Å². The van der Waals surface area contributed by atoms with Crippen LogP contribution in [-0.4, -0.2) is 77.6 Å². The largest absolute Gasteiger partial charge is 0.497 e. The van der Waals surface area contributed by atoms with Crippen molar-refractivity contribution in [1.82, 2.24) is 4.90 Å². The van der Waals surface area contributed by atoms with Crippen molar-refractivity contribution in [2.24, 2.45) is 5.41 Å². The molecule has 3 aliphatic heterocycles. The van der Waals surface area contributed by atoms with Crippen LogP contribution in [-0.2, 0) is 24.5 Å². The van der Waals surface area contributed by atoms with E-state index in [0.29, 0.717) is 34.8 Å². The third-order valence-corrected chi connectivity index (χ3v) is 10.1. The molecule has 2 aromatic rings. The summed E-state index contributed by atoms with van der Waals surface area (Å²) in [5.41, 5.74) is 3.38. The number of rotatable bonds is 9. The van der Waals surface area contributed by atoms with Gasteiger partial charge in [-0.05, 0) is 81.1 Å². The van der Waals surface area contributed by atoms with Crippen LogP contribution in [0, 0.1) is 5.41 Å². The van der Waals surface area contributed by atoms with Crippen LogP contribution in [0.3, 0.4) is 0 Å². The van der Waals surface area contributed by atoms with E-state index in [0.717, 1.165) is 55.0 Å². The molecule has 1 spiro atoms. The third kappa shape index (κ3) is 4.41. The summed E-state index contributed by atoms with van der Waals surface area (Å²) >= 11 is 0. The lowest BCUT2D eigenvalue weighted by Crippen LogP contribution is -2.64. The van der Waals surface area contributed by atoms with Crippen LogP contribution in [0.2, 0.25) is 0 Å². The van der Waals surface area contributed by atoms with Crippen molar-refractivity contribution in [2.75, 3.05) is 54.0 Å². The molecule has 6 rings (SSSR count). The van der Waals surface area contributed by atoms with E-state index in [9.17, 15) is 9.59 Å². The summed E-state index contributed by atoms with van der Waals surface area (Å²) in [7, 11) is 7.71. The molecule has 1 aliphatic carbocycles. The molecule has 4 atom stereocenters. The van der Waals surface area contributed by atoms with E-state index in [1.54, 1.807) is 46.6 Å². The number of carbonyl (C=O) groups excluding carboxylic acids is 2. The minimum Gasteiger partial charge on any atom is -0.497 e. The van der Waals surface area contributed by atoms with Crippen LogP contribution >= 0.6 is 0 Å². The van der Waals surface area contributed by atoms with E-state index in [2.05, 4.69) is 16.3 Å². The Hall–Kier alpha value is -4.18. The van der Waals surface area contributed by atoms with Crippen molar-refractivity contribution in [1.29, 1.82) is 0 Å². The van der Waals surface area contributed by atoms with Crippen molar-refractivity contribution in [3.8, 4) is 23.0 Å². The average molecular weight is 605 g/mol. The summed E-state index contributed by atoms with van der Waals surface area (Å²) in [5, 5.41) is 3.61. The summed E-state index contributed by atoms with van der Waals surface area (Å²) < 4.78 is 33.4. The average Bonchev–Trinajstić information content (AvgIpc) is 3.61. The number of anilines is 1. The van der Waals surface area contributed by atoms with Crippen molar-refractivity contribution in [3.05, 3.63) is 58.8 Å². The molecule has 0 amide bonds. The van der Waals surface area contributed by atoms with Crippen LogP contribution in [0.1, 0.15) is 43.7 Å². The molecular weight excluding hydrogens is 564 g/mol. The Labute approximate surface area is 257 Å². The number of piperidine rings is 1. The number of esters is 2. The zero-order valence-corrected chi connectivity index (χ0v) is 26.2. The number of benzene rings is 2. The first-order valence-corrected chi connectivity index (χ1v) is 15.0. The molecular formula is C34H40N2O8. The number of hydrogen-bond acceptors (Lipinski definition) is 10. The fraction of sp³-hybridized carbons (Fsp3) is 0.471. The predicted octanol–water partition coefficient (Wildman–Crippen LogP) is 4.71. The maximum Gasteiger partial charge on any atom is 0.335 e. The van der Waals surface area contributed by atoms with Crippen LogP contribution < -0.4 is 24.3 Å². The van der Waals surface area contributed by atoms with Crippen LogP contribution in [0.25, 0.3) is 6.08 Å². The topological polar surface area (TPSA) is 105 Å². The van der Waals surface area contributed by atoms with Crippen LogP contribution in [0.15, 0.2) is 47.7 Å². The van der Waals surface area contributed by atoms with Crippen LogP contribution in [0.5, 0.6) is 23.0 Å². The highest BCUT2D eigenvalue weighted by atomic mass is 16.5. The molecule has 234 valence electrons. The molecule has 0 saturated carbocycles. The Kier molecular flexibility index (Phi) is 7.73. The number of ether oxygens (including phenoxy) is 6. The van der Waals surface area contributed by atoms with Gasteiger partial charge in [-0.3, -0.25) is 4.90 Å². The van der Waals surface area contributed by atoms with Crippen molar-refractivity contribution in [3.63, 3.8) is 0 Å². The van der Waals surface area contributed by atoms with Gasteiger partial charge in [0, 0.05) is 35.0 Å². The lowest BCUT2D eigenvalue weighted by atomic mass is 9.53. The standard InChI is InChI=1S/C34H40N2O8/c1-20(44-28(37)11-8-21-16-26(40-3)29(42-5)27(17-21)41-4)33-12-7-14-36-15-13-34(32(33)36)24-10-9-22(39-2)18-25(24)35-30(34)23(19-33)31(38)43-6/h8-11,16-18,20,32,35H,7,12-15,19H2,1-6H3. The number of nitrogens with one attached hydrogen (secondary N) is 1. The molecule has 0 radical (unpaired) electrons. The summed E-state index contributed by atoms with van der Waals surface area (Å²) in [6.07, 6.45) is 5.67. The molecule has 1 N–H and O–H groups in total. The van der Waals surface area contributed by atoms with Gasteiger partial charge in [0.1, 0.15) is 11.9 Å². The molecule has 4 unspecified atom stereocenters. The van der Waals surface area contributed by atoms with Crippen LogP contribution in [0.4, 0.5) is 5.69 Å². The van der Waals surface area contributed by atoms with Crippen molar-refractivity contribution in [2.45, 2.75) is 50.2 Å². The molecule has 0 aromatic heterocycles. The second-order valence-electron chi connectivity index (χ2n) is 11.9. The molecule has 44 heavy (non-hydrogen) atoms. The Bertz CT molecular complexity index is 1520. The van der Waals surface area contributed by atoms with Gasteiger partial charge in [0.15, 0.2) is 11.5 Å². The minimum atomic E-state index is -0.499. The smallest absolute Gasteiger partial charge is 0.335 e. The molecule has 2 aromatic carbocycles. The minimum absolute atomic E-state index is 0.0381. The van der Waals surface area contributed by atoms with E-state index in [1.807, 2.05) is 19.1 Å². The summed E-state index contributed by atoms with van der Waals surface area (Å²) in [5.74, 6) is 1.39. The second-order valence-corrected chi connectivity index (χ2v) is 11.9. The molecule has 0 bridgehead atoms. The number of hydrogen-bond donors (Lipinski definition) is 1. The normalized spacial score (nSPS) is 25.8. The molecule has 3 heterocycles. The summed E-state index contributed by atoms with van der Waals surface area (Å²) in [6.45, 7) is 3.82. The van der Waals surface area contributed by atoms with Gasteiger partial charge in [-0.15, -0.1) is 0 Å². The maximum atomic E-state index is 13.4. The highest BCUT2D eigenvalue weighted by Gasteiger charge is 2.68. The first kappa shape index (κ1) is 29.9. The Morgan fingerprint density at radius 2 is 1.73 bits per heavy atom. The molecule has 4 aliphatic rings. The quantitative estimate of drug-likeness (QED) is 0.320. The van der Waals surface area contributed by atoms with Gasteiger partial charge in [-0.2, -0.15) is 0 Å². The second kappa shape index (κ2) is 11.4. The number of methoxy groups -OCH3 is 5. The molecule has 2 saturated heterocycles. The predicted molar refractivity (Wildman–Crippen MR) is 164 cm³/mol. The fourth-order valence-electron chi connectivity index (χ4n) is 8.31. The van der Waals surface area contributed by atoms with Crippen molar-refractivity contribution < 1.29 is 38.0 Å². The van der Waals surface area contributed by atoms with Gasteiger partial charge in [-0.1, -0.05) is 6.07 Å². The lowest BCUT2D eigenvalue weighted by molar-refractivity contribution is -0.158. The first-order chi connectivity index (χ1) is 21.3. The van der Waals surface area contributed by atoms with Crippen molar-refractivity contribution >= 4 is 23.7 Å². The van der Waals surface area contributed by atoms with Gasteiger partial charge in [0.25, 0.3) is 0 Å². The third-order valence-electron chi connectivity index (χ3n) is 10.1. The monoisotopic (exact) mass is 604 g/mol. The summed E-state index contributed by atoms with van der Waals surface area (Å²) in [4.78, 5) is 29.3. The lowest BCUT2D eigenvalue weighted by Gasteiger charge is -2.57. The molecule has 2 fully saturated rings. The molecule has 10 heteroatoms. The van der Waals surface area contributed by atoms with Gasteiger partial charge in [0.05, 0.1) is 46.5 Å². The van der Waals surface area contributed by atoms with Gasteiger partial charge < -0.3 is 33.7 Å².